The number of hydrogen-bond acceptors (Lipinski definition) is 4. The number of nitrogens with one attached hydrogen (secondary N) is 1. The number of benzene rings is 2. The summed E-state index contributed by atoms with van der Waals surface area (Å²) in [7, 11) is 0. The topological polar surface area (TPSA) is 69.7 Å². The lowest BCUT2D eigenvalue weighted by atomic mass is 10.1. The van der Waals surface area contributed by atoms with Gasteiger partial charge in [-0.15, -0.1) is 0 Å². The number of amides is 3. The van der Waals surface area contributed by atoms with Gasteiger partial charge in [0, 0.05) is 24.3 Å². The van der Waals surface area contributed by atoms with Crippen LogP contribution in [0.4, 0.5) is 15.8 Å². The Kier molecular flexibility index (Phi) is 6.48. The fraction of sp³-hybridized carbons (Fsp3) is 0.261. The first-order valence-electron chi connectivity index (χ1n) is 10.3. The summed E-state index contributed by atoms with van der Waals surface area (Å²) in [5.41, 5.74) is 0.898. The highest BCUT2D eigenvalue weighted by molar-refractivity contribution is 6.53. The highest BCUT2D eigenvalue weighted by Gasteiger charge is 2.39. The zero-order valence-corrected chi connectivity index (χ0v) is 18.5. The fourth-order valence-electron chi connectivity index (χ4n) is 3.80. The van der Waals surface area contributed by atoms with E-state index in [0.29, 0.717) is 11.3 Å². The van der Waals surface area contributed by atoms with Gasteiger partial charge < -0.3 is 10.2 Å². The summed E-state index contributed by atoms with van der Waals surface area (Å²) in [5, 5.41) is 2.34. The summed E-state index contributed by atoms with van der Waals surface area (Å²) in [4.78, 5) is 41.1. The summed E-state index contributed by atoms with van der Waals surface area (Å²) >= 11 is 11.9. The molecule has 2 aliphatic rings. The zero-order valence-electron chi connectivity index (χ0n) is 17.0. The number of imide groups is 1. The normalized spacial score (nSPS) is 17.1. The molecule has 0 atom stereocenters. The highest BCUT2D eigenvalue weighted by Crippen LogP contribution is 2.32. The maximum atomic E-state index is 13.5. The van der Waals surface area contributed by atoms with Crippen molar-refractivity contribution in [2.24, 2.45) is 0 Å². The van der Waals surface area contributed by atoms with Crippen LogP contribution < -0.4 is 10.2 Å². The average molecular weight is 476 g/mol. The smallest absolute Gasteiger partial charge is 0.283 e. The molecule has 2 aromatic carbocycles. The van der Waals surface area contributed by atoms with Crippen LogP contribution in [0.2, 0.25) is 5.02 Å². The van der Waals surface area contributed by atoms with Crippen LogP contribution in [0.5, 0.6) is 0 Å². The standard InChI is InChI=1S/C23H20Cl2FN3O3/c24-17-13-16(8-9-18(17)26)29-22(31)19(25)20(23(29)32)27-15-7-5-6-14(12-15)21(30)28-10-3-1-2-4-11-28/h5-9,12-13,27H,1-4,10-11H2. The Hall–Kier alpha value is -2.90. The molecule has 2 heterocycles. The van der Waals surface area contributed by atoms with E-state index in [2.05, 4.69) is 5.32 Å². The predicted octanol–water partition coefficient (Wildman–Crippen LogP) is 4.93. The quantitative estimate of drug-likeness (QED) is 0.636. The number of anilines is 2. The Bertz CT molecular complexity index is 1130. The molecule has 2 aliphatic heterocycles. The summed E-state index contributed by atoms with van der Waals surface area (Å²) in [6.45, 7) is 1.44. The number of hydrogen-bond donors (Lipinski definition) is 1. The second-order valence-corrected chi connectivity index (χ2v) is 8.43. The molecular weight excluding hydrogens is 456 g/mol. The summed E-state index contributed by atoms with van der Waals surface area (Å²) in [6.07, 6.45) is 4.19. The molecule has 0 saturated carbocycles. The largest absolute Gasteiger partial charge is 0.350 e. The van der Waals surface area contributed by atoms with Crippen LogP contribution in [0, 0.1) is 5.82 Å². The predicted molar refractivity (Wildman–Crippen MR) is 121 cm³/mol. The van der Waals surface area contributed by atoms with Gasteiger partial charge in [-0.05, 0) is 49.2 Å². The maximum Gasteiger partial charge on any atom is 0.283 e. The van der Waals surface area contributed by atoms with E-state index >= 15 is 0 Å². The van der Waals surface area contributed by atoms with E-state index in [4.69, 9.17) is 23.2 Å². The molecule has 0 aliphatic carbocycles. The minimum absolute atomic E-state index is 0.0768. The average Bonchev–Trinajstić information content (AvgIpc) is 2.99. The molecule has 6 nitrogen and oxygen atoms in total. The minimum atomic E-state index is -0.751. The van der Waals surface area contributed by atoms with E-state index in [1.165, 1.54) is 12.1 Å². The molecule has 0 aromatic heterocycles. The van der Waals surface area contributed by atoms with Gasteiger partial charge in [0.25, 0.3) is 17.7 Å². The van der Waals surface area contributed by atoms with Crippen molar-refractivity contribution in [2.45, 2.75) is 25.7 Å². The second-order valence-electron chi connectivity index (χ2n) is 7.65. The van der Waals surface area contributed by atoms with Crippen LogP contribution in [-0.2, 0) is 9.59 Å². The van der Waals surface area contributed by atoms with Crippen molar-refractivity contribution in [2.75, 3.05) is 23.3 Å². The summed E-state index contributed by atoms with van der Waals surface area (Å²) in [6, 6.07) is 10.2. The van der Waals surface area contributed by atoms with Crippen LogP contribution in [0.3, 0.4) is 0 Å². The van der Waals surface area contributed by atoms with E-state index in [0.717, 1.165) is 49.7 Å². The molecular formula is C23H20Cl2FN3O3. The molecule has 0 spiro atoms. The molecule has 0 radical (unpaired) electrons. The van der Waals surface area contributed by atoms with Crippen molar-refractivity contribution in [1.29, 1.82) is 0 Å². The van der Waals surface area contributed by atoms with Crippen LogP contribution in [-0.4, -0.2) is 35.7 Å². The Morgan fingerprint density at radius 1 is 0.938 bits per heavy atom. The Morgan fingerprint density at radius 2 is 1.66 bits per heavy atom. The van der Waals surface area contributed by atoms with Gasteiger partial charge in [-0.2, -0.15) is 0 Å². The van der Waals surface area contributed by atoms with Gasteiger partial charge in [0.2, 0.25) is 0 Å². The van der Waals surface area contributed by atoms with E-state index in [1.54, 1.807) is 24.3 Å². The van der Waals surface area contributed by atoms with Gasteiger partial charge >= 0.3 is 0 Å². The molecule has 4 rings (SSSR count). The fourth-order valence-corrected chi connectivity index (χ4v) is 4.19. The lowest BCUT2D eigenvalue weighted by Gasteiger charge is -2.20. The maximum absolute atomic E-state index is 13.5. The van der Waals surface area contributed by atoms with Gasteiger partial charge in [-0.25, -0.2) is 9.29 Å². The van der Waals surface area contributed by atoms with Crippen LogP contribution in [0.15, 0.2) is 53.2 Å². The number of likely N-dealkylation sites (tertiary alicyclic amines) is 1. The Labute approximate surface area is 194 Å². The Balaban J connectivity index is 1.55. The monoisotopic (exact) mass is 475 g/mol. The molecule has 166 valence electrons. The number of nitrogens with zero attached hydrogens (tertiary/aromatic N) is 2. The van der Waals surface area contributed by atoms with Crippen LogP contribution in [0.1, 0.15) is 36.0 Å². The zero-order chi connectivity index (χ0) is 22.8. The molecule has 2 aromatic rings. The molecule has 1 saturated heterocycles. The molecule has 9 heteroatoms. The first-order chi connectivity index (χ1) is 15.4. The van der Waals surface area contributed by atoms with Crippen molar-refractivity contribution in [1.82, 2.24) is 4.90 Å². The van der Waals surface area contributed by atoms with Crippen molar-refractivity contribution < 1.29 is 18.8 Å². The first-order valence-corrected chi connectivity index (χ1v) is 11.0. The summed E-state index contributed by atoms with van der Waals surface area (Å²) < 4.78 is 13.5. The minimum Gasteiger partial charge on any atom is -0.350 e. The van der Waals surface area contributed by atoms with E-state index < -0.39 is 17.6 Å². The van der Waals surface area contributed by atoms with Gasteiger partial charge in [0.1, 0.15) is 16.5 Å². The van der Waals surface area contributed by atoms with Gasteiger partial charge in [-0.3, -0.25) is 14.4 Å². The van der Waals surface area contributed by atoms with E-state index in [-0.39, 0.29) is 27.3 Å². The van der Waals surface area contributed by atoms with Crippen molar-refractivity contribution >= 4 is 52.3 Å². The molecule has 0 bridgehead atoms. The van der Waals surface area contributed by atoms with Crippen molar-refractivity contribution in [3.05, 3.63) is 69.6 Å². The summed E-state index contributed by atoms with van der Waals surface area (Å²) in [5.74, 6) is -2.20. The number of rotatable bonds is 4. The first kappa shape index (κ1) is 22.3. The van der Waals surface area contributed by atoms with Crippen LogP contribution in [0.25, 0.3) is 0 Å². The third kappa shape index (κ3) is 4.36. The van der Waals surface area contributed by atoms with E-state index in [9.17, 15) is 18.8 Å². The SMILES string of the molecule is O=C(c1cccc(NC2=C(Cl)C(=O)N(c3ccc(F)c(Cl)c3)C2=O)c1)N1CCCCCC1. The number of halogens is 3. The lowest BCUT2D eigenvalue weighted by Crippen LogP contribution is -2.32. The number of carbonyl (C=O) groups excluding carboxylic acids is 3. The van der Waals surface area contributed by atoms with E-state index in [1.807, 2.05) is 4.90 Å². The van der Waals surface area contributed by atoms with Gasteiger partial charge in [0.05, 0.1) is 10.7 Å². The lowest BCUT2D eigenvalue weighted by molar-refractivity contribution is -0.120. The molecule has 32 heavy (non-hydrogen) atoms. The van der Waals surface area contributed by atoms with Gasteiger partial charge in [0.15, 0.2) is 0 Å². The third-order valence-corrected chi connectivity index (χ3v) is 6.10. The third-order valence-electron chi connectivity index (χ3n) is 5.46. The van der Waals surface area contributed by atoms with Crippen LogP contribution >= 0.6 is 23.2 Å². The van der Waals surface area contributed by atoms with Gasteiger partial charge in [-0.1, -0.05) is 42.1 Å². The van der Waals surface area contributed by atoms with Crippen molar-refractivity contribution in [3.8, 4) is 0 Å². The molecule has 1 fully saturated rings. The highest BCUT2D eigenvalue weighted by atomic mass is 35.5. The van der Waals surface area contributed by atoms with Crippen molar-refractivity contribution in [3.63, 3.8) is 0 Å². The second kappa shape index (κ2) is 9.30. The Morgan fingerprint density at radius 3 is 2.34 bits per heavy atom. The number of carbonyl (C=O) groups is 3. The molecule has 3 amide bonds. The molecule has 1 N–H and O–H groups in total. The molecule has 0 unspecified atom stereocenters.